The van der Waals surface area contributed by atoms with E-state index in [1.165, 1.54) is 15.1 Å². The van der Waals surface area contributed by atoms with E-state index in [-0.39, 0.29) is 42.3 Å². The number of thiophene rings is 1. The lowest BCUT2D eigenvalue weighted by atomic mass is 10.1. The Bertz CT molecular complexity index is 1260. The van der Waals surface area contributed by atoms with Crippen LogP contribution in [0.5, 0.6) is 0 Å². The molecule has 0 spiro atoms. The Hall–Kier alpha value is -1.75. The zero-order valence-electron chi connectivity index (χ0n) is 18.7. The molecular formula is C20H24ClF3N4O5S3. The largest absolute Gasteiger partial charge is 0.511 e. The molecule has 1 aromatic carbocycles. The van der Waals surface area contributed by atoms with Gasteiger partial charge in [0.1, 0.15) is 4.21 Å². The lowest BCUT2D eigenvalue weighted by Gasteiger charge is -2.31. The number of nitrogens with zero attached hydrogens (tertiary/aromatic N) is 1. The van der Waals surface area contributed by atoms with Crippen LogP contribution in [-0.4, -0.2) is 64.8 Å². The van der Waals surface area contributed by atoms with Gasteiger partial charge in [-0.1, -0.05) is 11.6 Å². The summed E-state index contributed by atoms with van der Waals surface area (Å²) in [7, 11) is -9.13. The summed E-state index contributed by atoms with van der Waals surface area (Å²) < 4.78 is 87.9. The summed E-state index contributed by atoms with van der Waals surface area (Å²) in [6.07, 6.45) is 0.835. The summed E-state index contributed by atoms with van der Waals surface area (Å²) in [4.78, 5) is 12.9. The van der Waals surface area contributed by atoms with E-state index in [4.69, 9.17) is 11.6 Å². The molecule has 1 aliphatic heterocycles. The van der Waals surface area contributed by atoms with Crippen LogP contribution in [0.4, 0.5) is 13.2 Å². The topological polar surface area (TPSA) is 125 Å². The van der Waals surface area contributed by atoms with Gasteiger partial charge in [0.2, 0.25) is 0 Å². The number of piperidine rings is 1. The fourth-order valence-corrected chi connectivity index (χ4v) is 7.01. The Labute approximate surface area is 216 Å². The van der Waals surface area contributed by atoms with Crippen LogP contribution in [0.3, 0.4) is 0 Å². The second-order valence-electron chi connectivity index (χ2n) is 7.89. The van der Waals surface area contributed by atoms with Crippen LogP contribution < -0.4 is 15.4 Å². The first kappa shape index (κ1) is 28.8. The number of carbonyl (C=O) groups excluding carboxylic acids is 1. The number of hydrogen-bond acceptors (Lipinski definition) is 7. The van der Waals surface area contributed by atoms with Crippen molar-refractivity contribution < 1.29 is 34.8 Å². The lowest BCUT2D eigenvalue weighted by molar-refractivity contribution is -0.0447. The van der Waals surface area contributed by atoms with Crippen molar-refractivity contribution in [2.75, 3.05) is 26.2 Å². The van der Waals surface area contributed by atoms with Crippen molar-refractivity contribution >= 4 is 48.9 Å². The van der Waals surface area contributed by atoms with E-state index in [1.807, 2.05) is 0 Å². The number of carbonyl (C=O) groups is 1. The molecule has 9 nitrogen and oxygen atoms in total. The number of halogens is 4. The average molecular weight is 589 g/mol. The normalized spacial score (nSPS) is 16.2. The number of benzene rings is 1. The summed E-state index contributed by atoms with van der Waals surface area (Å²) in [5.74, 6) is -0.315. The van der Waals surface area contributed by atoms with Crippen LogP contribution in [-0.2, 0) is 26.6 Å². The Morgan fingerprint density at radius 1 is 1.03 bits per heavy atom. The Morgan fingerprint density at radius 3 is 2.28 bits per heavy atom. The maximum Gasteiger partial charge on any atom is 0.511 e. The lowest BCUT2D eigenvalue weighted by Crippen LogP contribution is -2.47. The summed E-state index contributed by atoms with van der Waals surface area (Å²) >= 11 is 6.87. The van der Waals surface area contributed by atoms with E-state index < -0.39 is 32.1 Å². The third-order valence-electron chi connectivity index (χ3n) is 5.37. The van der Waals surface area contributed by atoms with Gasteiger partial charge in [0.25, 0.3) is 15.9 Å². The van der Waals surface area contributed by atoms with Gasteiger partial charge in [0.05, 0.1) is 6.54 Å². The first-order chi connectivity index (χ1) is 16.8. The van der Waals surface area contributed by atoms with Gasteiger partial charge in [0, 0.05) is 47.7 Å². The molecule has 3 N–H and O–H groups in total. The van der Waals surface area contributed by atoms with Crippen molar-refractivity contribution in [3.05, 3.63) is 51.9 Å². The van der Waals surface area contributed by atoms with Crippen LogP contribution in [0.15, 0.2) is 40.6 Å². The van der Waals surface area contributed by atoms with E-state index >= 15 is 0 Å². The molecule has 0 bridgehead atoms. The summed E-state index contributed by atoms with van der Waals surface area (Å²) in [5.41, 5.74) is -4.94. The molecule has 0 atom stereocenters. The number of amides is 1. The maximum absolute atomic E-state index is 13.0. The van der Waals surface area contributed by atoms with Crippen LogP contribution in [0.1, 0.15) is 28.1 Å². The number of rotatable bonds is 10. The van der Waals surface area contributed by atoms with Crippen molar-refractivity contribution in [2.24, 2.45) is 0 Å². The molecule has 1 aromatic heterocycles. The maximum atomic E-state index is 13.0. The molecular weight excluding hydrogens is 565 g/mol. The van der Waals surface area contributed by atoms with Crippen LogP contribution in [0.25, 0.3) is 0 Å². The molecule has 1 fully saturated rings. The van der Waals surface area contributed by atoms with Crippen molar-refractivity contribution in [3.63, 3.8) is 0 Å². The third-order valence-corrected chi connectivity index (χ3v) is 10.3. The Kier molecular flexibility index (Phi) is 9.41. The van der Waals surface area contributed by atoms with Crippen molar-refractivity contribution in [3.8, 4) is 0 Å². The van der Waals surface area contributed by atoms with E-state index in [0.29, 0.717) is 28.3 Å². The standard InChI is InChI=1S/C20H24ClF3N4O5S3/c21-15-3-1-14(2-4-15)19(29)26-13-17-5-6-18(34-17)35(30,31)28-11-7-16(8-12-28)25-9-10-27-36(32,33)20(22,23)24/h1-6,16,25,27H,7-13H2,(H,26,29). The molecule has 0 unspecified atom stereocenters. The predicted molar refractivity (Wildman–Crippen MR) is 130 cm³/mol. The SMILES string of the molecule is O=C(NCc1ccc(S(=O)(=O)N2CCC(NCCNS(=O)(=O)C(F)(F)F)CC2)s1)c1ccc(Cl)cc1. The molecule has 0 aliphatic carbocycles. The highest BCUT2D eigenvalue weighted by atomic mass is 35.5. The van der Waals surface area contributed by atoms with Crippen molar-refractivity contribution in [1.82, 2.24) is 19.7 Å². The van der Waals surface area contributed by atoms with E-state index in [0.717, 1.165) is 11.3 Å². The Morgan fingerprint density at radius 2 is 1.67 bits per heavy atom. The van der Waals surface area contributed by atoms with Crippen molar-refractivity contribution in [2.45, 2.75) is 35.1 Å². The first-order valence-corrected chi connectivity index (χ1v) is 14.8. The minimum absolute atomic E-state index is 0.0250. The zero-order chi connectivity index (χ0) is 26.6. The van der Waals surface area contributed by atoms with E-state index in [2.05, 4.69) is 10.6 Å². The minimum atomic E-state index is -5.39. The average Bonchev–Trinajstić information content (AvgIpc) is 3.30. The highest BCUT2D eigenvalue weighted by molar-refractivity contribution is 7.91. The molecule has 1 aliphatic rings. The molecule has 1 amide bonds. The van der Waals surface area contributed by atoms with Crippen molar-refractivity contribution in [1.29, 1.82) is 0 Å². The fourth-order valence-electron chi connectivity index (χ4n) is 3.43. The molecule has 0 saturated carbocycles. The third kappa shape index (κ3) is 7.40. The van der Waals surface area contributed by atoms with Gasteiger partial charge in [-0.3, -0.25) is 4.79 Å². The summed E-state index contributed by atoms with van der Waals surface area (Å²) in [6, 6.07) is 9.33. The molecule has 36 heavy (non-hydrogen) atoms. The minimum Gasteiger partial charge on any atom is -0.347 e. The number of hydrogen-bond donors (Lipinski definition) is 3. The monoisotopic (exact) mass is 588 g/mol. The van der Waals surface area contributed by atoms with E-state index in [1.54, 1.807) is 30.3 Å². The second kappa shape index (κ2) is 11.8. The van der Waals surface area contributed by atoms with E-state index in [9.17, 15) is 34.8 Å². The van der Waals surface area contributed by atoms with Gasteiger partial charge < -0.3 is 10.6 Å². The van der Waals surface area contributed by atoms with Crippen LogP contribution in [0.2, 0.25) is 5.02 Å². The van der Waals surface area contributed by atoms with Gasteiger partial charge in [-0.2, -0.15) is 17.5 Å². The second-order valence-corrected chi connectivity index (χ2v) is 13.4. The Balaban J connectivity index is 1.45. The molecule has 2 aromatic rings. The zero-order valence-corrected chi connectivity index (χ0v) is 21.9. The highest BCUT2D eigenvalue weighted by Gasteiger charge is 2.45. The van der Waals surface area contributed by atoms with Gasteiger partial charge in [-0.25, -0.2) is 21.6 Å². The van der Waals surface area contributed by atoms with Crippen LogP contribution in [0, 0.1) is 0 Å². The summed E-state index contributed by atoms with van der Waals surface area (Å²) in [5, 5.41) is 6.19. The predicted octanol–water partition coefficient (Wildman–Crippen LogP) is 2.51. The van der Waals surface area contributed by atoms with Crippen LogP contribution >= 0.6 is 22.9 Å². The smallest absolute Gasteiger partial charge is 0.347 e. The molecule has 2 heterocycles. The quantitative estimate of drug-likeness (QED) is 0.366. The fraction of sp³-hybridized carbons (Fsp3) is 0.450. The number of nitrogens with one attached hydrogen (secondary N) is 3. The van der Waals surface area contributed by atoms with Gasteiger partial charge in [-0.05, 0) is 49.2 Å². The molecule has 0 radical (unpaired) electrons. The highest BCUT2D eigenvalue weighted by Crippen LogP contribution is 2.27. The molecule has 200 valence electrons. The molecule has 16 heteroatoms. The molecule has 1 saturated heterocycles. The molecule has 3 rings (SSSR count). The number of sulfonamides is 2. The first-order valence-electron chi connectivity index (χ1n) is 10.7. The van der Waals surface area contributed by atoms with Gasteiger partial charge in [0.15, 0.2) is 0 Å². The van der Waals surface area contributed by atoms with Gasteiger partial charge in [-0.15, -0.1) is 11.3 Å². The number of alkyl halides is 3. The van der Waals surface area contributed by atoms with Gasteiger partial charge >= 0.3 is 15.5 Å². The summed E-state index contributed by atoms with van der Waals surface area (Å²) in [6.45, 7) is 0.102.